The van der Waals surface area contributed by atoms with Gasteiger partial charge in [-0.3, -0.25) is 4.90 Å². The van der Waals surface area contributed by atoms with Gasteiger partial charge in [-0.05, 0) is 32.2 Å². The molecule has 1 N–H and O–H groups in total. The van der Waals surface area contributed by atoms with Crippen LogP contribution in [0.1, 0.15) is 12.5 Å². The van der Waals surface area contributed by atoms with Crippen molar-refractivity contribution in [3.8, 4) is 5.75 Å². The average Bonchev–Trinajstić information content (AvgIpc) is 2.28. The van der Waals surface area contributed by atoms with Gasteiger partial charge in [0.2, 0.25) is 0 Å². The Bertz CT molecular complexity index is 344. The fourth-order valence-corrected chi connectivity index (χ4v) is 1.63. The Balaban J connectivity index is 2.82. The van der Waals surface area contributed by atoms with Crippen LogP contribution in [0, 0.1) is 0 Å². The molecule has 0 aliphatic carbocycles. The minimum atomic E-state index is 0.115. The van der Waals surface area contributed by atoms with E-state index in [1.54, 1.807) is 13.2 Å². The summed E-state index contributed by atoms with van der Waals surface area (Å²) in [6.45, 7) is 2.81. The van der Waals surface area contributed by atoms with Gasteiger partial charge < -0.3 is 9.84 Å². The van der Waals surface area contributed by atoms with E-state index in [1.807, 2.05) is 31.0 Å². The summed E-state index contributed by atoms with van der Waals surface area (Å²) >= 11 is 5.95. The van der Waals surface area contributed by atoms with Crippen molar-refractivity contribution in [3.63, 3.8) is 0 Å². The van der Waals surface area contributed by atoms with E-state index in [9.17, 15) is 0 Å². The van der Waals surface area contributed by atoms with Crippen molar-refractivity contribution in [1.82, 2.24) is 4.90 Å². The molecule has 1 atom stereocenters. The maximum absolute atomic E-state index is 9.07. The Morgan fingerprint density at radius 1 is 1.50 bits per heavy atom. The zero-order valence-electron chi connectivity index (χ0n) is 9.90. The first-order valence-corrected chi connectivity index (χ1v) is 5.59. The molecule has 4 heteroatoms. The van der Waals surface area contributed by atoms with Crippen molar-refractivity contribution < 1.29 is 9.84 Å². The molecule has 0 aromatic heterocycles. The first-order valence-electron chi connectivity index (χ1n) is 5.22. The topological polar surface area (TPSA) is 32.7 Å². The minimum Gasteiger partial charge on any atom is -0.496 e. The van der Waals surface area contributed by atoms with Gasteiger partial charge in [0, 0.05) is 23.2 Å². The normalized spacial score (nSPS) is 12.9. The number of likely N-dealkylation sites (N-methyl/N-ethyl adjacent to an activating group) is 1. The van der Waals surface area contributed by atoms with Gasteiger partial charge in [-0.25, -0.2) is 0 Å². The highest BCUT2D eigenvalue weighted by atomic mass is 35.5. The van der Waals surface area contributed by atoms with Crippen LogP contribution >= 0.6 is 11.6 Å². The number of methoxy groups -OCH3 is 1. The molecule has 0 amide bonds. The molecule has 3 nitrogen and oxygen atoms in total. The van der Waals surface area contributed by atoms with E-state index in [2.05, 4.69) is 0 Å². The standard InChI is InChI=1S/C12H18ClNO2/c1-9(8-15)14(2)7-10-6-11(13)4-5-12(10)16-3/h4-6,9,15H,7-8H2,1-3H3. The van der Waals surface area contributed by atoms with Gasteiger partial charge in [0.15, 0.2) is 0 Å². The van der Waals surface area contributed by atoms with Gasteiger partial charge in [0.1, 0.15) is 5.75 Å². The van der Waals surface area contributed by atoms with Crippen molar-refractivity contribution >= 4 is 11.6 Å². The third-order valence-corrected chi connectivity index (χ3v) is 2.91. The molecule has 0 radical (unpaired) electrons. The molecule has 0 aliphatic rings. The third kappa shape index (κ3) is 3.37. The van der Waals surface area contributed by atoms with Crippen molar-refractivity contribution in [2.24, 2.45) is 0 Å². The summed E-state index contributed by atoms with van der Waals surface area (Å²) in [5.41, 5.74) is 1.03. The lowest BCUT2D eigenvalue weighted by molar-refractivity contribution is 0.153. The first kappa shape index (κ1) is 13.3. The number of rotatable bonds is 5. The summed E-state index contributed by atoms with van der Waals surface area (Å²) in [4.78, 5) is 2.05. The minimum absolute atomic E-state index is 0.115. The Labute approximate surface area is 102 Å². The molecule has 0 heterocycles. The monoisotopic (exact) mass is 243 g/mol. The number of halogens is 1. The second-order valence-corrected chi connectivity index (χ2v) is 4.34. The summed E-state index contributed by atoms with van der Waals surface area (Å²) < 4.78 is 5.27. The number of hydrogen-bond acceptors (Lipinski definition) is 3. The van der Waals surface area contributed by atoms with Crippen LogP contribution in [0.3, 0.4) is 0 Å². The second kappa shape index (κ2) is 6.09. The van der Waals surface area contributed by atoms with Crippen LogP contribution < -0.4 is 4.74 Å². The maximum atomic E-state index is 9.07. The fourth-order valence-electron chi connectivity index (χ4n) is 1.43. The van der Waals surface area contributed by atoms with Crippen LogP contribution in [0.4, 0.5) is 0 Å². The van der Waals surface area contributed by atoms with Crippen LogP contribution in [0.15, 0.2) is 18.2 Å². The van der Waals surface area contributed by atoms with E-state index >= 15 is 0 Å². The predicted octanol–water partition coefficient (Wildman–Crippen LogP) is 2.16. The number of aliphatic hydroxyl groups is 1. The molecule has 1 aromatic carbocycles. The highest BCUT2D eigenvalue weighted by molar-refractivity contribution is 6.30. The summed E-state index contributed by atoms with van der Waals surface area (Å²) in [5, 5.41) is 9.76. The van der Waals surface area contributed by atoms with Crippen molar-refractivity contribution in [3.05, 3.63) is 28.8 Å². The van der Waals surface area contributed by atoms with E-state index in [0.29, 0.717) is 11.6 Å². The average molecular weight is 244 g/mol. The van der Waals surface area contributed by atoms with Crippen LogP contribution in [-0.4, -0.2) is 36.8 Å². The lowest BCUT2D eigenvalue weighted by atomic mass is 10.1. The van der Waals surface area contributed by atoms with Gasteiger partial charge in [-0.15, -0.1) is 0 Å². The molecule has 0 spiro atoms. The Kier molecular flexibility index (Phi) is 5.06. The SMILES string of the molecule is COc1ccc(Cl)cc1CN(C)C(C)CO. The largest absolute Gasteiger partial charge is 0.496 e. The fraction of sp³-hybridized carbons (Fsp3) is 0.500. The predicted molar refractivity (Wildman–Crippen MR) is 66.0 cm³/mol. The zero-order chi connectivity index (χ0) is 12.1. The molecule has 16 heavy (non-hydrogen) atoms. The van der Waals surface area contributed by atoms with Crippen LogP contribution in [-0.2, 0) is 6.54 Å². The van der Waals surface area contributed by atoms with Gasteiger partial charge in [0.25, 0.3) is 0 Å². The van der Waals surface area contributed by atoms with Crippen LogP contribution in [0.5, 0.6) is 5.75 Å². The van der Waals surface area contributed by atoms with Gasteiger partial charge >= 0.3 is 0 Å². The Morgan fingerprint density at radius 2 is 2.19 bits per heavy atom. The van der Waals surface area contributed by atoms with Crippen LogP contribution in [0.25, 0.3) is 0 Å². The maximum Gasteiger partial charge on any atom is 0.123 e. The quantitative estimate of drug-likeness (QED) is 0.860. The molecule has 1 aromatic rings. The van der Waals surface area contributed by atoms with Crippen molar-refractivity contribution in [2.45, 2.75) is 19.5 Å². The van der Waals surface area contributed by atoms with Gasteiger partial charge in [-0.2, -0.15) is 0 Å². The summed E-state index contributed by atoms with van der Waals surface area (Å²) in [7, 11) is 3.60. The second-order valence-electron chi connectivity index (χ2n) is 3.90. The van der Waals surface area contributed by atoms with E-state index in [1.165, 1.54) is 0 Å². The smallest absolute Gasteiger partial charge is 0.123 e. The highest BCUT2D eigenvalue weighted by Crippen LogP contribution is 2.24. The molecular weight excluding hydrogens is 226 g/mol. The number of benzene rings is 1. The molecule has 0 fully saturated rings. The molecule has 0 saturated heterocycles. The number of aliphatic hydroxyl groups excluding tert-OH is 1. The summed E-state index contributed by atoms with van der Waals surface area (Å²) in [5.74, 6) is 0.821. The molecule has 1 unspecified atom stereocenters. The van der Waals surface area contributed by atoms with Crippen LogP contribution in [0.2, 0.25) is 5.02 Å². The molecular formula is C12H18ClNO2. The highest BCUT2D eigenvalue weighted by Gasteiger charge is 2.11. The van der Waals surface area contributed by atoms with E-state index in [4.69, 9.17) is 21.4 Å². The summed E-state index contributed by atoms with van der Waals surface area (Å²) in [6.07, 6.45) is 0. The molecule has 90 valence electrons. The molecule has 0 aliphatic heterocycles. The zero-order valence-corrected chi connectivity index (χ0v) is 10.7. The summed E-state index contributed by atoms with van der Waals surface area (Å²) in [6, 6.07) is 5.67. The van der Waals surface area contributed by atoms with Crippen molar-refractivity contribution in [1.29, 1.82) is 0 Å². The third-order valence-electron chi connectivity index (χ3n) is 2.68. The van der Waals surface area contributed by atoms with E-state index in [0.717, 1.165) is 11.3 Å². The number of ether oxygens (including phenoxy) is 1. The Hall–Kier alpha value is -0.770. The Morgan fingerprint density at radius 3 is 2.75 bits per heavy atom. The van der Waals surface area contributed by atoms with Gasteiger partial charge in [0.05, 0.1) is 13.7 Å². The number of hydrogen-bond donors (Lipinski definition) is 1. The lowest BCUT2D eigenvalue weighted by Crippen LogP contribution is -2.31. The van der Waals surface area contributed by atoms with Gasteiger partial charge in [-0.1, -0.05) is 11.6 Å². The molecule has 1 rings (SSSR count). The lowest BCUT2D eigenvalue weighted by Gasteiger charge is -2.23. The van der Waals surface area contributed by atoms with E-state index < -0.39 is 0 Å². The first-order chi connectivity index (χ1) is 7.58. The molecule has 0 saturated carbocycles. The number of nitrogens with zero attached hydrogens (tertiary/aromatic N) is 1. The van der Waals surface area contributed by atoms with E-state index in [-0.39, 0.29) is 12.6 Å². The molecule has 0 bridgehead atoms. The van der Waals surface area contributed by atoms with Crippen molar-refractivity contribution in [2.75, 3.05) is 20.8 Å².